The van der Waals surface area contributed by atoms with E-state index >= 15 is 0 Å². The lowest BCUT2D eigenvalue weighted by molar-refractivity contribution is 0.888. The van der Waals surface area contributed by atoms with Crippen LogP contribution in [0.15, 0.2) is 10.9 Å². The van der Waals surface area contributed by atoms with Gasteiger partial charge in [-0.25, -0.2) is 4.79 Å². The normalized spacial score (nSPS) is 15.5. The SMILES string of the molecule is NCCc1cc(NC2CC2)nc(=O)[nH]1. The zero-order valence-corrected chi connectivity index (χ0v) is 7.92. The molecule has 0 spiro atoms. The maximum absolute atomic E-state index is 11.1. The van der Waals surface area contributed by atoms with Crippen molar-refractivity contribution >= 4 is 5.82 Å². The van der Waals surface area contributed by atoms with E-state index in [2.05, 4.69) is 15.3 Å². The number of aromatic amines is 1. The number of rotatable bonds is 4. The number of nitrogens with two attached hydrogens (primary N) is 1. The van der Waals surface area contributed by atoms with Crippen LogP contribution >= 0.6 is 0 Å². The molecule has 0 aliphatic heterocycles. The quantitative estimate of drug-likeness (QED) is 0.622. The first-order chi connectivity index (χ1) is 6.78. The molecule has 1 aliphatic rings. The largest absolute Gasteiger partial charge is 0.367 e. The molecule has 5 heteroatoms. The highest BCUT2D eigenvalue weighted by molar-refractivity contribution is 5.37. The first-order valence-corrected chi connectivity index (χ1v) is 4.85. The van der Waals surface area contributed by atoms with Gasteiger partial charge in [0.2, 0.25) is 0 Å². The minimum Gasteiger partial charge on any atom is -0.367 e. The fraction of sp³-hybridized carbons (Fsp3) is 0.556. The minimum atomic E-state index is -0.306. The summed E-state index contributed by atoms with van der Waals surface area (Å²) < 4.78 is 0. The van der Waals surface area contributed by atoms with Gasteiger partial charge < -0.3 is 16.0 Å². The summed E-state index contributed by atoms with van der Waals surface area (Å²) in [7, 11) is 0. The van der Waals surface area contributed by atoms with Crippen molar-refractivity contribution in [1.82, 2.24) is 9.97 Å². The summed E-state index contributed by atoms with van der Waals surface area (Å²) in [5.74, 6) is 0.666. The lowest BCUT2D eigenvalue weighted by Gasteiger charge is -2.04. The molecule has 1 aliphatic carbocycles. The molecule has 1 saturated carbocycles. The van der Waals surface area contributed by atoms with Crippen molar-refractivity contribution in [3.05, 3.63) is 22.2 Å². The monoisotopic (exact) mass is 194 g/mol. The van der Waals surface area contributed by atoms with Gasteiger partial charge in [-0.3, -0.25) is 0 Å². The van der Waals surface area contributed by atoms with Crippen molar-refractivity contribution in [2.24, 2.45) is 5.73 Å². The highest BCUT2D eigenvalue weighted by atomic mass is 16.1. The second-order valence-corrected chi connectivity index (χ2v) is 3.55. The van der Waals surface area contributed by atoms with Crippen LogP contribution < -0.4 is 16.7 Å². The van der Waals surface area contributed by atoms with Gasteiger partial charge in [-0.1, -0.05) is 0 Å². The number of hydrogen-bond donors (Lipinski definition) is 3. The number of nitrogens with one attached hydrogen (secondary N) is 2. The molecule has 1 heterocycles. The van der Waals surface area contributed by atoms with E-state index in [1.54, 1.807) is 0 Å². The molecule has 14 heavy (non-hydrogen) atoms. The van der Waals surface area contributed by atoms with Gasteiger partial charge in [-0.15, -0.1) is 0 Å². The minimum absolute atomic E-state index is 0.306. The highest BCUT2D eigenvalue weighted by Gasteiger charge is 2.21. The maximum atomic E-state index is 11.1. The first-order valence-electron chi connectivity index (χ1n) is 4.85. The third-order valence-corrected chi connectivity index (χ3v) is 2.14. The van der Waals surface area contributed by atoms with Crippen molar-refractivity contribution in [2.75, 3.05) is 11.9 Å². The predicted octanol–water partition coefficient (Wildman–Crippen LogP) is -0.155. The van der Waals surface area contributed by atoms with E-state index in [9.17, 15) is 4.79 Å². The number of anilines is 1. The third kappa shape index (κ3) is 2.32. The van der Waals surface area contributed by atoms with Crippen molar-refractivity contribution < 1.29 is 0 Å². The van der Waals surface area contributed by atoms with E-state index in [1.807, 2.05) is 6.07 Å². The van der Waals surface area contributed by atoms with Crippen molar-refractivity contribution in [1.29, 1.82) is 0 Å². The molecule has 0 bridgehead atoms. The predicted molar refractivity (Wildman–Crippen MR) is 54.3 cm³/mol. The van der Waals surface area contributed by atoms with Crippen LogP contribution in [0.5, 0.6) is 0 Å². The summed E-state index contributed by atoms with van der Waals surface area (Å²) in [6, 6.07) is 2.36. The van der Waals surface area contributed by atoms with Gasteiger partial charge in [0.05, 0.1) is 0 Å². The Balaban J connectivity index is 2.16. The smallest absolute Gasteiger partial charge is 0.347 e. The summed E-state index contributed by atoms with van der Waals surface area (Å²) in [6.07, 6.45) is 3.01. The average molecular weight is 194 g/mol. The molecule has 1 fully saturated rings. The van der Waals surface area contributed by atoms with E-state index in [0.717, 1.165) is 5.69 Å². The molecule has 1 aromatic rings. The average Bonchev–Trinajstić information content (AvgIpc) is 2.87. The second kappa shape index (κ2) is 3.79. The number of aromatic nitrogens is 2. The van der Waals surface area contributed by atoms with Crippen LogP contribution in [0, 0.1) is 0 Å². The highest BCUT2D eigenvalue weighted by Crippen LogP contribution is 2.23. The van der Waals surface area contributed by atoms with Crippen LogP contribution in [-0.2, 0) is 6.42 Å². The Morgan fingerprint density at radius 1 is 1.64 bits per heavy atom. The number of nitrogens with zero attached hydrogens (tertiary/aromatic N) is 1. The van der Waals surface area contributed by atoms with Gasteiger partial charge in [0, 0.05) is 24.2 Å². The van der Waals surface area contributed by atoms with Crippen LogP contribution in [0.1, 0.15) is 18.5 Å². The molecule has 2 rings (SSSR count). The Hall–Kier alpha value is -1.36. The Labute approximate surface area is 81.7 Å². The van der Waals surface area contributed by atoms with Crippen LogP contribution in [0.3, 0.4) is 0 Å². The summed E-state index contributed by atoms with van der Waals surface area (Å²) in [5, 5.41) is 3.18. The van der Waals surface area contributed by atoms with Crippen LogP contribution in [0.4, 0.5) is 5.82 Å². The molecular weight excluding hydrogens is 180 g/mol. The molecule has 0 aromatic carbocycles. The summed E-state index contributed by atoms with van der Waals surface area (Å²) in [5.41, 5.74) is 5.95. The first kappa shape index (κ1) is 9.21. The van der Waals surface area contributed by atoms with Gasteiger partial charge in [0.25, 0.3) is 0 Å². The maximum Gasteiger partial charge on any atom is 0.347 e. The molecule has 5 nitrogen and oxygen atoms in total. The van der Waals surface area contributed by atoms with Crippen LogP contribution in [-0.4, -0.2) is 22.6 Å². The molecular formula is C9H14N4O. The van der Waals surface area contributed by atoms with E-state index in [4.69, 9.17) is 5.73 Å². The van der Waals surface area contributed by atoms with Gasteiger partial charge in [0.15, 0.2) is 0 Å². The molecule has 0 radical (unpaired) electrons. The Kier molecular flexibility index (Phi) is 2.49. The van der Waals surface area contributed by atoms with Gasteiger partial charge >= 0.3 is 5.69 Å². The fourth-order valence-electron chi connectivity index (χ4n) is 1.31. The Bertz CT molecular complexity index is 369. The molecule has 76 valence electrons. The van der Waals surface area contributed by atoms with Crippen molar-refractivity contribution in [2.45, 2.75) is 25.3 Å². The van der Waals surface area contributed by atoms with Gasteiger partial charge in [-0.2, -0.15) is 4.98 Å². The third-order valence-electron chi connectivity index (χ3n) is 2.14. The van der Waals surface area contributed by atoms with E-state index < -0.39 is 0 Å². The zero-order valence-electron chi connectivity index (χ0n) is 7.92. The van der Waals surface area contributed by atoms with Gasteiger partial charge in [-0.05, 0) is 19.4 Å². The summed E-state index contributed by atoms with van der Waals surface area (Å²) in [6.45, 7) is 0.531. The standard InChI is InChI=1S/C9H14N4O/c10-4-3-7-5-8(11-6-1-2-6)13-9(14)12-7/h5-6H,1-4,10H2,(H2,11,12,13,14). The zero-order chi connectivity index (χ0) is 9.97. The van der Waals surface area contributed by atoms with E-state index in [0.29, 0.717) is 24.8 Å². The number of hydrogen-bond acceptors (Lipinski definition) is 4. The second-order valence-electron chi connectivity index (χ2n) is 3.55. The molecule has 0 amide bonds. The molecule has 0 saturated heterocycles. The number of H-pyrrole nitrogens is 1. The molecule has 1 aromatic heterocycles. The van der Waals surface area contributed by atoms with Crippen molar-refractivity contribution in [3.63, 3.8) is 0 Å². The Morgan fingerprint density at radius 3 is 3.07 bits per heavy atom. The lowest BCUT2D eigenvalue weighted by atomic mass is 10.3. The molecule has 4 N–H and O–H groups in total. The van der Waals surface area contributed by atoms with E-state index in [-0.39, 0.29) is 5.69 Å². The fourth-order valence-corrected chi connectivity index (χ4v) is 1.31. The van der Waals surface area contributed by atoms with Crippen molar-refractivity contribution in [3.8, 4) is 0 Å². The summed E-state index contributed by atoms with van der Waals surface area (Å²) >= 11 is 0. The van der Waals surface area contributed by atoms with Crippen LogP contribution in [0.2, 0.25) is 0 Å². The van der Waals surface area contributed by atoms with Gasteiger partial charge in [0.1, 0.15) is 5.82 Å². The molecule has 0 atom stereocenters. The van der Waals surface area contributed by atoms with E-state index in [1.165, 1.54) is 12.8 Å². The lowest BCUT2D eigenvalue weighted by Crippen LogP contribution is -2.18. The topological polar surface area (TPSA) is 83.8 Å². The van der Waals surface area contributed by atoms with Crippen LogP contribution in [0.25, 0.3) is 0 Å². The Morgan fingerprint density at radius 2 is 2.43 bits per heavy atom. The molecule has 0 unspecified atom stereocenters. The summed E-state index contributed by atoms with van der Waals surface area (Å²) in [4.78, 5) is 17.6.